The van der Waals surface area contributed by atoms with Gasteiger partial charge in [0.2, 0.25) is 0 Å². The molecule has 0 aliphatic heterocycles. The van der Waals surface area contributed by atoms with E-state index in [4.69, 9.17) is 18.9 Å². The molecule has 0 aromatic carbocycles. The molecule has 4 nitrogen and oxygen atoms in total. The van der Waals surface area contributed by atoms with Crippen LogP contribution in [-0.2, 0) is 18.9 Å². The van der Waals surface area contributed by atoms with Crippen molar-refractivity contribution in [1.29, 1.82) is 0 Å². The van der Waals surface area contributed by atoms with Gasteiger partial charge < -0.3 is 18.9 Å². The number of rotatable bonds is 8. The zero-order valence-electron chi connectivity index (χ0n) is 15.0. The molecule has 20 heavy (non-hydrogen) atoms. The van der Waals surface area contributed by atoms with Crippen molar-refractivity contribution in [2.45, 2.75) is 86.2 Å². The Morgan fingerprint density at radius 3 is 1.35 bits per heavy atom. The van der Waals surface area contributed by atoms with Gasteiger partial charge in [-0.1, -0.05) is 0 Å². The van der Waals surface area contributed by atoms with Crippen molar-refractivity contribution >= 4 is 0 Å². The summed E-state index contributed by atoms with van der Waals surface area (Å²) in [5.41, 5.74) is -0.0413. The molecule has 0 aromatic heterocycles. The van der Waals surface area contributed by atoms with Crippen molar-refractivity contribution in [2.75, 3.05) is 20.0 Å². The molecular weight excluding hydrogens is 256 g/mol. The molecule has 0 N–H and O–H groups in total. The summed E-state index contributed by atoms with van der Waals surface area (Å²) in [5, 5.41) is 0. The predicted molar refractivity (Wildman–Crippen MR) is 84.1 cm³/mol. The van der Waals surface area contributed by atoms with Gasteiger partial charge in [-0.15, -0.1) is 0 Å². The molecule has 0 aliphatic carbocycles. The van der Waals surface area contributed by atoms with E-state index in [1.165, 1.54) is 0 Å². The van der Waals surface area contributed by atoms with Crippen LogP contribution >= 0.6 is 0 Å². The smallest absolute Gasteiger partial charge is 0.147 e. The van der Waals surface area contributed by atoms with Gasteiger partial charge in [0.15, 0.2) is 0 Å². The maximum Gasteiger partial charge on any atom is 0.147 e. The molecule has 0 fully saturated rings. The zero-order chi connectivity index (χ0) is 16.2. The Bertz CT molecular complexity index is 187. The van der Waals surface area contributed by atoms with Crippen LogP contribution in [0.4, 0.5) is 0 Å². The van der Waals surface area contributed by atoms with Crippen LogP contribution in [0.1, 0.15) is 62.3 Å². The first-order valence-corrected chi connectivity index (χ1v) is 7.53. The second kappa shape index (κ2) is 12.6. The fraction of sp³-hybridized carbons (Fsp3) is 1.00. The summed E-state index contributed by atoms with van der Waals surface area (Å²) in [6.07, 6.45) is 0.839. The van der Waals surface area contributed by atoms with Gasteiger partial charge in [-0.3, -0.25) is 0 Å². The van der Waals surface area contributed by atoms with Gasteiger partial charge in [-0.2, -0.15) is 0 Å². The average molecular weight is 292 g/mol. The maximum atomic E-state index is 5.45. The molecular formula is C16H36O4. The normalized spacial score (nSPS) is 12.0. The molecule has 0 aliphatic rings. The van der Waals surface area contributed by atoms with Crippen molar-refractivity contribution in [1.82, 2.24) is 0 Å². The van der Waals surface area contributed by atoms with E-state index in [1.54, 1.807) is 0 Å². The Morgan fingerprint density at radius 1 is 0.650 bits per heavy atom. The fourth-order valence-electron chi connectivity index (χ4n) is 0.943. The minimum atomic E-state index is -0.0413. The van der Waals surface area contributed by atoms with Crippen LogP contribution in [0.5, 0.6) is 0 Å². The predicted octanol–water partition coefficient (Wildman–Crippen LogP) is 4.02. The lowest BCUT2D eigenvalue weighted by Crippen LogP contribution is -2.22. The minimum Gasteiger partial charge on any atom is -0.376 e. The molecule has 0 saturated carbocycles. The molecule has 0 atom stereocenters. The first kappa shape index (κ1) is 22.1. The topological polar surface area (TPSA) is 36.9 Å². The van der Waals surface area contributed by atoms with Gasteiger partial charge in [0.25, 0.3) is 0 Å². The molecule has 4 heteroatoms. The van der Waals surface area contributed by atoms with Gasteiger partial charge in [0.05, 0.1) is 37.1 Å². The third-order valence-electron chi connectivity index (χ3n) is 1.87. The second-order valence-electron chi connectivity index (χ2n) is 6.43. The van der Waals surface area contributed by atoms with Crippen molar-refractivity contribution in [2.24, 2.45) is 0 Å². The lowest BCUT2D eigenvalue weighted by molar-refractivity contribution is -0.0994. The Hall–Kier alpha value is -0.160. The standard InChI is InChI=1S/C9H20O2.C7H16O2/c1-8(2)10-6-7-11-9(3,4)5;1-6(2)8-5-9-7(3)4/h8H,6-7H2,1-5H3;6-7H,5H2,1-4H3. The van der Waals surface area contributed by atoms with E-state index in [2.05, 4.69) is 0 Å². The average Bonchev–Trinajstić information content (AvgIpc) is 2.22. The van der Waals surface area contributed by atoms with Crippen molar-refractivity contribution in [3.63, 3.8) is 0 Å². The molecule has 0 aromatic rings. The van der Waals surface area contributed by atoms with Crippen LogP contribution in [0, 0.1) is 0 Å². The molecule has 124 valence electrons. The van der Waals surface area contributed by atoms with Crippen LogP contribution in [-0.4, -0.2) is 43.9 Å². The molecule has 0 rings (SSSR count). The second-order valence-corrected chi connectivity index (χ2v) is 6.43. The summed E-state index contributed by atoms with van der Waals surface area (Å²) >= 11 is 0. The van der Waals surface area contributed by atoms with Gasteiger partial charge >= 0.3 is 0 Å². The number of ether oxygens (including phenoxy) is 4. The highest BCUT2D eigenvalue weighted by Crippen LogP contribution is 2.05. The molecule has 0 bridgehead atoms. The maximum absolute atomic E-state index is 5.45. The SMILES string of the molecule is CC(C)OCCOC(C)(C)C.CC(C)OCOC(C)C. The van der Waals surface area contributed by atoms with Crippen LogP contribution in [0.3, 0.4) is 0 Å². The first-order valence-electron chi connectivity index (χ1n) is 7.53. The van der Waals surface area contributed by atoms with Crippen LogP contribution in [0.25, 0.3) is 0 Å². The van der Waals surface area contributed by atoms with E-state index < -0.39 is 0 Å². The van der Waals surface area contributed by atoms with Crippen LogP contribution < -0.4 is 0 Å². The largest absolute Gasteiger partial charge is 0.376 e. The summed E-state index contributed by atoms with van der Waals surface area (Å²) in [6, 6.07) is 0. The number of hydrogen-bond acceptors (Lipinski definition) is 4. The zero-order valence-corrected chi connectivity index (χ0v) is 15.0. The van der Waals surface area contributed by atoms with Gasteiger partial charge in [-0.25, -0.2) is 0 Å². The molecule has 0 heterocycles. The Labute approximate surface area is 126 Å². The third-order valence-corrected chi connectivity index (χ3v) is 1.87. The van der Waals surface area contributed by atoms with Gasteiger partial charge in [0, 0.05) is 0 Å². The minimum absolute atomic E-state index is 0.0413. The fourth-order valence-corrected chi connectivity index (χ4v) is 0.943. The molecule has 0 spiro atoms. The van der Waals surface area contributed by atoms with Gasteiger partial charge in [-0.05, 0) is 62.3 Å². The third kappa shape index (κ3) is 26.4. The summed E-state index contributed by atoms with van der Waals surface area (Å²) in [6.45, 7) is 19.9. The van der Waals surface area contributed by atoms with Crippen LogP contribution in [0.15, 0.2) is 0 Å². The summed E-state index contributed by atoms with van der Waals surface area (Å²) < 4.78 is 21.0. The highest BCUT2D eigenvalue weighted by molar-refractivity contribution is 4.57. The first-order chi connectivity index (χ1) is 9.04. The van der Waals surface area contributed by atoms with E-state index >= 15 is 0 Å². The summed E-state index contributed by atoms with van der Waals surface area (Å²) in [7, 11) is 0. The van der Waals surface area contributed by atoms with E-state index in [1.807, 2.05) is 62.3 Å². The van der Waals surface area contributed by atoms with E-state index in [9.17, 15) is 0 Å². The molecule has 0 amide bonds. The van der Waals surface area contributed by atoms with Crippen molar-refractivity contribution < 1.29 is 18.9 Å². The van der Waals surface area contributed by atoms with Crippen LogP contribution in [0.2, 0.25) is 0 Å². The highest BCUT2D eigenvalue weighted by atomic mass is 16.7. The van der Waals surface area contributed by atoms with Crippen molar-refractivity contribution in [3.8, 4) is 0 Å². The van der Waals surface area contributed by atoms with E-state index in [0.717, 1.165) is 0 Å². The molecule has 0 saturated heterocycles. The molecule has 0 unspecified atom stereocenters. The summed E-state index contributed by atoms with van der Waals surface area (Å²) in [5.74, 6) is 0. The van der Waals surface area contributed by atoms with Gasteiger partial charge in [0.1, 0.15) is 6.79 Å². The summed E-state index contributed by atoms with van der Waals surface area (Å²) in [4.78, 5) is 0. The number of hydrogen-bond donors (Lipinski definition) is 0. The van der Waals surface area contributed by atoms with E-state index in [-0.39, 0.29) is 17.8 Å². The lowest BCUT2D eigenvalue weighted by atomic mass is 10.2. The lowest BCUT2D eigenvalue weighted by Gasteiger charge is -2.19. The quantitative estimate of drug-likeness (QED) is 0.500. The Balaban J connectivity index is 0. The van der Waals surface area contributed by atoms with Crippen molar-refractivity contribution in [3.05, 3.63) is 0 Å². The molecule has 0 radical (unpaired) electrons. The van der Waals surface area contributed by atoms with E-state index in [0.29, 0.717) is 26.1 Å². The Morgan fingerprint density at radius 2 is 1.05 bits per heavy atom. The monoisotopic (exact) mass is 292 g/mol. The highest BCUT2D eigenvalue weighted by Gasteiger charge is 2.08. The Kier molecular flexibility index (Phi) is 13.9.